The van der Waals surface area contributed by atoms with E-state index in [1.165, 1.54) is 12.3 Å². The summed E-state index contributed by atoms with van der Waals surface area (Å²) in [5, 5.41) is 12.6. The first kappa shape index (κ1) is 11.1. The molecule has 0 aliphatic carbocycles. The van der Waals surface area contributed by atoms with Crippen molar-refractivity contribution in [2.45, 2.75) is 26.4 Å². The van der Waals surface area contributed by atoms with Gasteiger partial charge in [0.15, 0.2) is 5.75 Å². The summed E-state index contributed by atoms with van der Waals surface area (Å²) in [5.41, 5.74) is 8.35. The molecule has 0 amide bonds. The van der Waals surface area contributed by atoms with Gasteiger partial charge in [0.25, 0.3) is 0 Å². The number of hydrogen-bond acceptors (Lipinski definition) is 3. The van der Waals surface area contributed by atoms with Gasteiger partial charge in [-0.1, -0.05) is 12.0 Å². The molecule has 0 saturated carbocycles. The summed E-state index contributed by atoms with van der Waals surface area (Å²) in [6.07, 6.45) is 2.24. The number of hydrogen-bond donors (Lipinski definition) is 1. The number of aryl methyl sites for hydroxylation is 1. The van der Waals surface area contributed by atoms with Crippen LogP contribution in [0.3, 0.4) is 0 Å². The largest absolute Gasteiger partial charge is 0.503 e. The highest BCUT2D eigenvalue weighted by molar-refractivity contribution is 5.20. The van der Waals surface area contributed by atoms with Gasteiger partial charge in [-0.25, -0.2) is 0 Å². The topological polar surface area (TPSA) is 91.0 Å². The van der Waals surface area contributed by atoms with E-state index in [0.717, 1.165) is 6.42 Å². The van der Waals surface area contributed by atoms with Crippen LogP contribution in [-0.2, 0) is 13.1 Å². The normalized spacial score (nSPS) is 9.67. The van der Waals surface area contributed by atoms with Crippen LogP contribution in [0.1, 0.15) is 19.0 Å². The third-order valence-corrected chi connectivity index (χ3v) is 1.96. The van der Waals surface area contributed by atoms with E-state index >= 15 is 0 Å². The second-order valence-corrected chi connectivity index (χ2v) is 3.10. The number of nitrogens with zero attached hydrogens (tertiary/aromatic N) is 4. The van der Waals surface area contributed by atoms with E-state index in [-0.39, 0.29) is 12.3 Å². The number of aromatic hydroxyl groups is 1. The van der Waals surface area contributed by atoms with Crippen LogP contribution in [0.25, 0.3) is 10.4 Å². The Balaban J connectivity index is 3.14. The maximum atomic E-state index is 11.2. The molecule has 1 heterocycles. The molecule has 15 heavy (non-hydrogen) atoms. The quantitative estimate of drug-likeness (QED) is 0.464. The molecule has 6 nitrogen and oxygen atoms in total. The maximum Gasteiger partial charge on any atom is 0.223 e. The van der Waals surface area contributed by atoms with Crippen molar-refractivity contribution >= 4 is 0 Å². The van der Waals surface area contributed by atoms with Gasteiger partial charge >= 0.3 is 0 Å². The zero-order valence-electron chi connectivity index (χ0n) is 8.42. The number of aromatic nitrogens is 1. The molecule has 0 fully saturated rings. The van der Waals surface area contributed by atoms with Crippen molar-refractivity contribution < 1.29 is 5.11 Å². The van der Waals surface area contributed by atoms with E-state index in [0.29, 0.717) is 12.2 Å². The third kappa shape index (κ3) is 2.75. The lowest BCUT2D eigenvalue weighted by atomic mass is 10.3. The molecule has 0 radical (unpaired) electrons. The monoisotopic (exact) mass is 208 g/mol. The minimum Gasteiger partial charge on any atom is -0.503 e. The minimum atomic E-state index is -0.453. The summed E-state index contributed by atoms with van der Waals surface area (Å²) in [6, 6.07) is 1.29. The van der Waals surface area contributed by atoms with Crippen molar-refractivity contribution in [1.29, 1.82) is 0 Å². The summed E-state index contributed by atoms with van der Waals surface area (Å²) in [7, 11) is 0. The van der Waals surface area contributed by atoms with E-state index in [1.54, 1.807) is 4.57 Å². The van der Waals surface area contributed by atoms with Gasteiger partial charge in [-0.15, -0.1) is 0 Å². The van der Waals surface area contributed by atoms with Gasteiger partial charge < -0.3 is 9.67 Å². The molecule has 0 atom stereocenters. The highest BCUT2D eigenvalue weighted by Crippen LogP contribution is 2.07. The molecule has 1 N–H and O–H groups in total. The average molecular weight is 208 g/mol. The molecule has 0 aliphatic rings. The van der Waals surface area contributed by atoms with E-state index in [2.05, 4.69) is 10.0 Å². The number of rotatable bonds is 4. The van der Waals surface area contributed by atoms with Crippen LogP contribution < -0.4 is 5.43 Å². The molecule has 0 spiro atoms. The second kappa shape index (κ2) is 5.07. The van der Waals surface area contributed by atoms with Crippen molar-refractivity contribution in [1.82, 2.24) is 4.57 Å². The van der Waals surface area contributed by atoms with Crippen molar-refractivity contribution in [2.24, 2.45) is 5.11 Å². The molecule has 80 valence electrons. The molecule has 0 aromatic carbocycles. The van der Waals surface area contributed by atoms with Crippen LogP contribution in [-0.4, -0.2) is 9.67 Å². The van der Waals surface area contributed by atoms with E-state index in [1.807, 2.05) is 6.92 Å². The third-order valence-electron chi connectivity index (χ3n) is 1.96. The van der Waals surface area contributed by atoms with Crippen LogP contribution in [0.2, 0.25) is 0 Å². The van der Waals surface area contributed by atoms with E-state index in [9.17, 15) is 9.90 Å². The first-order valence-electron chi connectivity index (χ1n) is 4.62. The van der Waals surface area contributed by atoms with Gasteiger partial charge in [-0.3, -0.25) is 4.79 Å². The fourth-order valence-electron chi connectivity index (χ4n) is 1.29. The summed E-state index contributed by atoms with van der Waals surface area (Å²) < 4.78 is 1.71. The van der Waals surface area contributed by atoms with Crippen molar-refractivity contribution in [2.75, 3.05) is 0 Å². The number of azide groups is 1. The lowest BCUT2D eigenvalue weighted by Gasteiger charge is -2.10. The van der Waals surface area contributed by atoms with Crippen LogP contribution in [0.4, 0.5) is 0 Å². The van der Waals surface area contributed by atoms with Crippen LogP contribution in [0, 0.1) is 0 Å². The van der Waals surface area contributed by atoms with Crippen LogP contribution in [0.5, 0.6) is 5.75 Å². The highest BCUT2D eigenvalue weighted by atomic mass is 16.3. The Bertz CT molecular complexity index is 446. The zero-order chi connectivity index (χ0) is 11.3. The van der Waals surface area contributed by atoms with Gasteiger partial charge in [0.05, 0.1) is 12.7 Å². The summed E-state index contributed by atoms with van der Waals surface area (Å²) >= 11 is 0. The average Bonchev–Trinajstić information content (AvgIpc) is 2.21. The van der Waals surface area contributed by atoms with Gasteiger partial charge in [-0.2, -0.15) is 0 Å². The highest BCUT2D eigenvalue weighted by Gasteiger charge is 2.03. The second-order valence-electron chi connectivity index (χ2n) is 3.10. The molecule has 1 rings (SSSR count). The summed E-state index contributed by atoms with van der Waals surface area (Å²) in [6.45, 7) is 2.77. The van der Waals surface area contributed by atoms with Crippen molar-refractivity contribution in [3.8, 4) is 5.75 Å². The standard InChI is InChI=1S/C9H12N4O2/c1-2-3-13-6-9(15)8(14)4-7(13)5-11-12-10/h4,6,15H,2-3,5H2,1H3. The molecule has 0 aliphatic heterocycles. The minimum absolute atomic E-state index is 0.117. The zero-order valence-corrected chi connectivity index (χ0v) is 8.42. The summed E-state index contributed by atoms with van der Waals surface area (Å²) in [5.74, 6) is -0.284. The Labute approximate surface area is 86.4 Å². The van der Waals surface area contributed by atoms with Crippen molar-refractivity contribution in [3.05, 3.63) is 38.6 Å². The van der Waals surface area contributed by atoms with Gasteiger partial charge in [-0.05, 0) is 12.0 Å². The van der Waals surface area contributed by atoms with Crippen molar-refractivity contribution in [3.63, 3.8) is 0 Å². The molecule has 1 aromatic rings. The SMILES string of the molecule is CCCn1cc(O)c(=O)cc1CN=[N+]=[N-]. The predicted molar refractivity (Wildman–Crippen MR) is 55.5 cm³/mol. The lowest BCUT2D eigenvalue weighted by molar-refractivity contribution is 0.457. The van der Waals surface area contributed by atoms with Crippen LogP contribution in [0.15, 0.2) is 22.2 Å². The summed E-state index contributed by atoms with van der Waals surface area (Å²) in [4.78, 5) is 13.8. The first-order valence-corrected chi connectivity index (χ1v) is 4.62. The van der Waals surface area contributed by atoms with Crippen LogP contribution >= 0.6 is 0 Å². The van der Waals surface area contributed by atoms with Gasteiger partial charge in [0.2, 0.25) is 5.43 Å². The van der Waals surface area contributed by atoms with E-state index < -0.39 is 5.43 Å². The Morgan fingerprint density at radius 3 is 3.00 bits per heavy atom. The molecule has 0 bridgehead atoms. The lowest BCUT2D eigenvalue weighted by Crippen LogP contribution is -2.11. The molecular formula is C9H12N4O2. The molecule has 6 heteroatoms. The first-order chi connectivity index (χ1) is 7.19. The number of pyridine rings is 1. The fraction of sp³-hybridized carbons (Fsp3) is 0.444. The molecule has 0 unspecified atom stereocenters. The van der Waals surface area contributed by atoms with Gasteiger partial charge in [0.1, 0.15) is 0 Å². The maximum absolute atomic E-state index is 11.2. The van der Waals surface area contributed by atoms with E-state index in [4.69, 9.17) is 5.53 Å². The Kier molecular flexibility index (Phi) is 3.76. The predicted octanol–water partition coefficient (Wildman–Crippen LogP) is 1.77. The molecule has 0 saturated heterocycles. The molecule has 1 aromatic heterocycles. The Morgan fingerprint density at radius 2 is 2.40 bits per heavy atom. The Hall–Kier alpha value is -1.94. The van der Waals surface area contributed by atoms with Gasteiger partial charge in [0, 0.05) is 23.2 Å². The smallest absolute Gasteiger partial charge is 0.223 e. The molecular weight excluding hydrogens is 196 g/mol. The Morgan fingerprint density at radius 1 is 1.67 bits per heavy atom. The fourth-order valence-corrected chi connectivity index (χ4v) is 1.29.